The predicted molar refractivity (Wildman–Crippen MR) is 102 cm³/mol. The molecular weight excluding hydrogens is 330 g/mol. The quantitative estimate of drug-likeness (QED) is 0.677. The average molecular weight is 355 g/mol. The summed E-state index contributed by atoms with van der Waals surface area (Å²) in [7, 11) is 1.91. The number of hydrogen-bond donors (Lipinski definition) is 2. The van der Waals surface area contributed by atoms with E-state index in [0.717, 1.165) is 18.7 Å². The summed E-state index contributed by atoms with van der Waals surface area (Å²) >= 11 is 0. The molecule has 0 saturated carbocycles. The maximum atomic E-state index is 12.4. The Balaban J connectivity index is 1.74. The second kappa shape index (κ2) is 9.58. The zero-order valence-corrected chi connectivity index (χ0v) is 15.1. The first kappa shape index (κ1) is 19.5. The van der Waals surface area contributed by atoms with Crippen LogP contribution < -0.4 is 15.8 Å². The third-order valence-corrected chi connectivity index (χ3v) is 4.14. The standard InChI is InChI=1S/C20H25N3O3/c1-15(20(25)22-17-11-9-16(10-12-17)19(21)24)23(2)13-6-14-26-18-7-4-3-5-8-18/h3-5,7-12,15H,6,13-14H2,1-2H3,(H2,21,24)(H,22,25). The Morgan fingerprint density at radius 1 is 1.12 bits per heavy atom. The number of nitrogens with zero attached hydrogens (tertiary/aromatic N) is 1. The number of anilines is 1. The number of amides is 2. The number of primary amides is 1. The van der Waals surface area contributed by atoms with Gasteiger partial charge in [-0.1, -0.05) is 18.2 Å². The summed E-state index contributed by atoms with van der Waals surface area (Å²) in [5.74, 6) is 0.248. The lowest BCUT2D eigenvalue weighted by Gasteiger charge is -2.23. The van der Waals surface area contributed by atoms with E-state index in [1.165, 1.54) is 0 Å². The molecule has 6 heteroatoms. The molecule has 0 spiro atoms. The van der Waals surface area contributed by atoms with E-state index in [0.29, 0.717) is 17.9 Å². The van der Waals surface area contributed by atoms with Gasteiger partial charge in [0, 0.05) is 17.8 Å². The van der Waals surface area contributed by atoms with Gasteiger partial charge >= 0.3 is 0 Å². The number of para-hydroxylation sites is 1. The first-order valence-corrected chi connectivity index (χ1v) is 8.56. The molecule has 0 aliphatic rings. The van der Waals surface area contributed by atoms with Crippen molar-refractivity contribution in [3.05, 3.63) is 60.2 Å². The monoisotopic (exact) mass is 355 g/mol. The maximum Gasteiger partial charge on any atom is 0.248 e. The number of rotatable bonds is 9. The van der Waals surface area contributed by atoms with Gasteiger partial charge in [-0.15, -0.1) is 0 Å². The Bertz CT molecular complexity index is 717. The molecule has 0 aliphatic carbocycles. The molecule has 0 aliphatic heterocycles. The Labute approximate surface area is 153 Å². The zero-order chi connectivity index (χ0) is 18.9. The van der Waals surface area contributed by atoms with Gasteiger partial charge in [0.15, 0.2) is 0 Å². The second-order valence-corrected chi connectivity index (χ2v) is 6.10. The Hall–Kier alpha value is -2.86. The molecule has 3 N–H and O–H groups in total. The summed E-state index contributed by atoms with van der Waals surface area (Å²) in [4.78, 5) is 25.4. The molecule has 2 aromatic rings. The van der Waals surface area contributed by atoms with Crippen molar-refractivity contribution in [2.75, 3.05) is 25.5 Å². The summed E-state index contributed by atoms with van der Waals surface area (Å²) in [6.45, 7) is 3.18. The van der Waals surface area contributed by atoms with E-state index >= 15 is 0 Å². The lowest BCUT2D eigenvalue weighted by Crippen LogP contribution is -2.40. The largest absolute Gasteiger partial charge is 0.494 e. The van der Waals surface area contributed by atoms with Crippen LogP contribution in [0.15, 0.2) is 54.6 Å². The van der Waals surface area contributed by atoms with Gasteiger partial charge in [-0.2, -0.15) is 0 Å². The maximum absolute atomic E-state index is 12.4. The summed E-state index contributed by atoms with van der Waals surface area (Å²) in [6.07, 6.45) is 0.816. The van der Waals surface area contributed by atoms with Crippen molar-refractivity contribution in [2.45, 2.75) is 19.4 Å². The van der Waals surface area contributed by atoms with Gasteiger partial charge in [0.2, 0.25) is 11.8 Å². The molecule has 2 aromatic carbocycles. The minimum atomic E-state index is -0.492. The fourth-order valence-corrected chi connectivity index (χ4v) is 2.38. The summed E-state index contributed by atoms with van der Waals surface area (Å²) < 4.78 is 5.66. The van der Waals surface area contributed by atoms with E-state index in [2.05, 4.69) is 5.32 Å². The van der Waals surface area contributed by atoms with Crippen molar-refractivity contribution in [2.24, 2.45) is 5.73 Å². The Kier molecular flexibility index (Phi) is 7.17. The number of nitrogens with two attached hydrogens (primary N) is 1. The molecule has 6 nitrogen and oxygen atoms in total. The highest BCUT2D eigenvalue weighted by atomic mass is 16.5. The van der Waals surface area contributed by atoms with Crippen LogP contribution in [0.3, 0.4) is 0 Å². The van der Waals surface area contributed by atoms with Crippen LogP contribution in [-0.2, 0) is 4.79 Å². The molecule has 0 radical (unpaired) electrons. The van der Waals surface area contributed by atoms with Crippen LogP contribution in [0.5, 0.6) is 5.75 Å². The van der Waals surface area contributed by atoms with Gasteiger partial charge in [0.1, 0.15) is 5.75 Å². The predicted octanol–water partition coefficient (Wildman–Crippen LogP) is 2.51. The van der Waals surface area contributed by atoms with E-state index < -0.39 is 5.91 Å². The fraction of sp³-hybridized carbons (Fsp3) is 0.300. The van der Waals surface area contributed by atoms with Gasteiger partial charge in [0.25, 0.3) is 0 Å². The minimum Gasteiger partial charge on any atom is -0.494 e. The van der Waals surface area contributed by atoms with Crippen molar-refractivity contribution in [1.82, 2.24) is 4.90 Å². The molecule has 2 amide bonds. The van der Waals surface area contributed by atoms with Crippen LogP contribution >= 0.6 is 0 Å². The molecule has 0 bridgehead atoms. The molecule has 0 fully saturated rings. The second-order valence-electron chi connectivity index (χ2n) is 6.10. The molecule has 0 aromatic heterocycles. The molecule has 0 saturated heterocycles. The van der Waals surface area contributed by atoms with Crippen molar-refractivity contribution in [3.63, 3.8) is 0 Å². The number of likely N-dealkylation sites (N-methyl/N-ethyl adjacent to an activating group) is 1. The van der Waals surface area contributed by atoms with Crippen LogP contribution in [-0.4, -0.2) is 43.0 Å². The number of benzene rings is 2. The number of carbonyl (C=O) groups is 2. The summed E-state index contributed by atoms with van der Waals surface area (Å²) in [5, 5.41) is 2.84. The topological polar surface area (TPSA) is 84.7 Å². The molecule has 1 atom stereocenters. The van der Waals surface area contributed by atoms with Crippen LogP contribution in [0.4, 0.5) is 5.69 Å². The van der Waals surface area contributed by atoms with Gasteiger partial charge < -0.3 is 15.8 Å². The van der Waals surface area contributed by atoms with Gasteiger partial charge in [-0.05, 0) is 56.8 Å². The van der Waals surface area contributed by atoms with E-state index in [4.69, 9.17) is 10.5 Å². The molecule has 1 unspecified atom stereocenters. The summed E-state index contributed by atoms with van der Waals surface area (Å²) in [6, 6.07) is 15.9. The third-order valence-electron chi connectivity index (χ3n) is 4.14. The van der Waals surface area contributed by atoms with Gasteiger partial charge in [-0.3, -0.25) is 14.5 Å². The van der Waals surface area contributed by atoms with Crippen LogP contribution in [0.1, 0.15) is 23.7 Å². The number of ether oxygens (including phenoxy) is 1. The smallest absolute Gasteiger partial charge is 0.248 e. The van der Waals surface area contributed by atoms with Crippen molar-refractivity contribution >= 4 is 17.5 Å². The van der Waals surface area contributed by atoms with Crippen LogP contribution in [0.2, 0.25) is 0 Å². The normalized spacial score (nSPS) is 11.8. The SMILES string of the molecule is CC(C(=O)Nc1ccc(C(N)=O)cc1)N(C)CCCOc1ccccc1. The zero-order valence-electron chi connectivity index (χ0n) is 15.1. The van der Waals surface area contributed by atoms with Crippen LogP contribution in [0, 0.1) is 0 Å². The van der Waals surface area contributed by atoms with Crippen LogP contribution in [0.25, 0.3) is 0 Å². The van der Waals surface area contributed by atoms with Gasteiger partial charge in [0.05, 0.1) is 12.6 Å². The third kappa shape index (κ3) is 5.89. The molecule has 2 rings (SSSR count). The average Bonchev–Trinajstić information content (AvgIpc) is 2.65. The fourth-order valence-electron chi connectivity index (χ4n) is 2.38. The highest BCUT2D eigenvalue weighted by Crippen LogP contribution is 2.11. The van der Waals surface area contributed by atoms with Gasteiger partial charge in [-0.25, -0.2) is 0 Å². The van der Waals surface area contributed by atoms with E-state index in [1.807, 2.05) is 49.2 Å². The Morgan fingerprint density at radius 3 is 2.38 bits per heavy atom. The van der Waals surface area contributed by atoms with Crippen molar-refractivity contribution in [1.29, 1.82) is 0 Å². The van der Waals surface area contributed by atoms with Crippen molar-refractivity contribution < 1.29 is 14.3 Å². The molecular formula is C20H25N3O3. The van der Waals surface area contributed by atoms with Crippen molar-refractivity contribution in [3.8, 4) is 5.75 Å². The molecule has 138 valence electrons. The Morgan fingerprint density at radius 2 is 1.77 bits per heavy atom. The minimum absolute atomic E-state index is 0.108. The number of carbonyl (C=O) groups excluding carboxylic acids is 2. The lowest BCUT2D eigenvalue weighted by atomic mass is 10.2. The highest BCUT2D eigenvalue weighted by Gasteiger charge is 2.17. The molecule has 0 heterocycles. The highest BCUT2D eigenvalue weighted by molar-refractivity contribution is 5.96. The number of hydrogen-bond acceptors (Lipinski definition) is 4. The van der Waals surface area contributed by atoms with E-state index in [1.54, 1.807) is 24.3 Å². The van der Waals surface area contributed by atoms with E-state index in [-0.39, 0.29) is 11.9 Å². The van der Waals surface area contributed by atoms with E-state index in [9.17, 15) is 9.59 Å². The summed E-state index contributed by atoms with van der Waals surface area (Å²) in [5.41, 5.74) is 6.25. The lowest BCUT2D eigenvalue weighted by molar-refractivity contribution is -0.120. The first-order chi connectivity index (χ1) is 12.5. The number of nitrogens with one attached hydrogen (secondary N) is 1. The first-order valence-electron chi connectivity index (χ1n) is 8.56. The molecule has 26 heavy (non-hydrogen) atoms.